The topological polar surface area (TPSA) is 18.5 Å². The molecule has 1 fully saturated rings. The minimum atomic E-state index is -0.351. The first-order valence-electron chi connectivity index (χ1n) is 5.88. The van der Waals surface area contributed by atoms with Gasteiger partial charge in [0.2, 0.25) is 0 Å². The largest absolute Gasteiger partial charge is 0.347 e. The monoisotopic (exact) mass is 216 g/mol. The third-order valence-corrected chi connectivity index (χ3v) is 3.41. The van der Waals surface area contributed by atoms with Crippen molar-refractivity contribution >= 4 is 0 Å². The van der Waals surface area contributed by atoms with Gasteiger partial charge in [-0.05, 0) is 12.0 Å². The van der Waals surface area contributed by atoms with Gasteiger partial charge < -0.3 is 9.47 Å². The third-order valence-electron chi connectivity index (χ3n) is 3.41. The molecule has 0 unspecified atom stereocenters. The molecular formula is C14H16O2. The average Bonchev–Trinajstić information content (AvgIpc) is 2.93. The minimum Gasteiger partial charge on any atom is -0.347 e. The van der Waals surface area contributed by atoms with E-state index in [4.69, 9.17) is 9.47 Å². The zero-order valence-corrected chi connectivity index (χ0v) is 9.26. The number of hydrogen-bond acceptors (Lipinski definition) is 2. The van der Waals surface area contributed by atoms with E-state index in [9.17, 15) is 0 Å². The first-order valence-corrected chi connectivity index (χ1v) is 5.88. The molecule has 3 rings (SSSR count). The van der Waals surface area contributed by atoms with Crippen LogP contribution in [0.3, 0.4) is 0 Å². The highest BCUT2D eigenvalue weighted by molar-refractivity contribution is 5.19. The Morgan fingerprint density at radius 1 is 1.12 bits per heavy atom. The Hall–Kier alpha value is -1.12. The molecule has 16 heavy (non-hydrogen) atoms. The summed E-state index contributed by atoms with van der Waals surface area (Å²) in [6.45, 7) is 1.46. The van der Waals surface area contributed by atoms with Gasteiger partial charge >= 0.3 is 0 Å². The molecule has 0 radical (unpaired) electrons. The molecule has 1 aliphatic heterocycles. The lowest BCUT2D eigenvalue weighted by atomic mass is 9.94. The summed E-state index contributed by atoms with van der Waals surface area (Å²) in [6, 6.07) is 10.5. The Balaban J connectivity index is 1.77. The minimum absolute atomic E-state index is 0.351. The second-order valence-electron chi connectivity index (χ2n) is 4.44. The second-order valence-corrected chi connectivity index (χ2v) is 4.44. The van der Waals surface area contributed by atoms with E-state index < -0.39 is 0 Å². The number of benzene rings is 1. The van der Waals surface area contributed by atoms with Crippen molar-refractivity contribution in [3.63, 3.8) is 0 Å². The van der Waals surface area contributed by atoms with Crippen molar-refractivity contribution in [2.24, 2.45) is 5.92 Å². The van der Waals surface area contributed by atoms with Gasteiger partial charge in [-0.25, -0.2) is 0 Å². The smallest absolute Gasteiger partial charge is 0.178 e. The maximum absolute atomic E-state index is 5.80. The molecule has 1 aromatic carbocycles. The lowest BCUT2D eigenvalue weighted by Crippen LogP contribution is -2.36. The number of ether oxygens (including phenoxy) is 2. The summed E-state index contributed by atoms with van der Waals surface area (Å²) in [6.07, 6.45) is 6.30. The molecule has 0 aromatic heterocycles. The summed E-state index contributed by atoms with van der Waals surface area (Å²) in [4.78, 5) is 0. The van der Waals surface area contributed by atoms with E-state index in [1.807, 2.05) is 6.07 Å². The maximum Gasteiger partial charge on any atom is 0.178 e. The Morgan fingerprint density at radius 3 is 2.62 bits per heavy atom. The predicted octanol–water partition coefficient (Wildman–Crippen LogP) is 2.55. The molecule has 0 amide bonds. The van der Waals surface area contributed by atoms with Gasteiger partial charge in [0, 0.05) is 12.3 Å². The van der Waals surface area contributed by atoms with Crippen molar-refractivity contribution in [1.29, 1.82) is 0 Å². The van der Waals surface area contributed by atoms with E-state index >= 15 is 0 Å². The lowest BCUT2D eigenvalue weighted by Gasteiger charge is -2.29. The van der Waals surface area contributed by atoms with Gasteiger partial charge in [-0.3, -0.25) is 0 Å². The van der Waals surface area contributed by atoms with Crippen molar-refractivity contribution in [1.82, 2.24) is 0 Å². The standard InChI is InChI=1S/C14H16O2/c1-2-5-12(6-3-1)11-13-7-4-8-14(13)15-9-10-16-14/h1-7,13H,8-11H2/t13-/m1/s1. The Labute approximate surface area is 95.9 Å². The fourth-order valence-electron chi connectivity index (χ4n) is 2.59. The van der Waals surface area contributed by atoms with Gasteiger partial charge in [0.05, 0.1) is 13.2 Å². The maximum atomic E-state index is 5.80. The molecule has 0 saturated carbocycles. The fourth-order valence-corrected chi connectivity index (χ4v) is 2.59. The molecule has 1 heterocycles. The van der Waals surface area contributed by atoms with Crippen molar-refractivity contribution in [2.45, 2.75) is 18.6 Å². The van der Waals surface area contributed by atoms with Crippen LogP contribution in [0.15, 0.2) is 42.5 Å². The highest BCUT2D eigenvalue weighted by Crippen LogP contribution is 2.39. The van der Waals surface area contributed by atoms with Crippen molar-refractivity contribution < 1.29 is 9.47 Å². The Kier molecular flexibility index (Phi) is 2.54. The molecule has 1 aromatic rings. The summed E-state index contributed by atoms with van der Waals surface area (Å²) < 4.78 is 11.6. The SMILES string of the molecule is C1=C[C@H](Cc2ccccc2)C2(C1)OCCO2. The summed E-state index contributed by atoms with van der Waals surface area (Å²) in [5.41, 5.74) is 1.34. The molecule has 1 atom stereocenters. The van der Waals surface area contributed by atoms with Crippen LogP contribution in [0.4, 0.5) is 0 Å². The summed E-state index contributed by atoms with van der Waals surface area (Å²) >= 11 is 0. The van der Waals surface area contributed by atoms with Crippen LogP contribution < -0.4 is 0 Å². The average molecular weight is 216 g/mol. The molecule has 84 valence electrons. The molecule has 0 N–H and O–H groups in total. The fraction of sp³-hybridized carbons (Fsp3) is 0.429. The van der Waals surface area contributed by atoms with Crippen LogP contribution in [0.1, 0.15) is 12.0 Å². The zero-order chi connectivity index (χ0) is 10.8. The van der Waals surface area contributed by atoms with Crippen LogP contribution in [0.2, 0.25) is 0 Å². The number of hydrogen-bond donors (Lipinski definition) is 0. The molecule has 2 aliphatic rings. The van der Waals surface area contributed by atoms with E-state index in [1.165, 1.54) is 5.56 Å². The van der Waals surface area contributed by atoms with Gasteiger partial charge in [0.1, 0.15) is 0 Å². The molecule has 2 heteroatoms. The molecule has 1 spiro atoms. The first kappa shape index (κ1) is 10.1. The van der Waals surface area contributed by atoms with Crippen molar-refractivity contribution in [3.05, 3.63) is 48.0 Å². The highest BCUT2D eigenvalue weighted by atomic mass is 16.7. The molecule has 0 bridgehead atoms. The van der Waals surface area contributed by atoms with Crippen LogP contribution in [0.25, 0.3) is 0 Å². The van der Waals surface area contributed by atoms with Crippen molar-refractivity contribution in [3.8, 4) is 0 Å². The summed E-state index contributed by atoms with van der Waals surface area (Å²) in [7, 11) is 0. The highest BCUT2D eigenvalue weighted by Gasteiger charge is 2.44. The van der Waals surface area contributed by atoms with E-state index in [1.54, 1.807) is 0 Å². The van der Waals surface area contributed by atoms with Gasteiger partial charge in [-0.1, -0.05) is 42.5 Å². The molecular weight excluding hydrogens is 200 g/mol. The van der Waals surface area contributed by atoms with Crippen LogP contribution in [-0.4, -0.2) is 19.0 Å². The van der Waals surface area contributed by atoms with Crippen LogP contribution in [0.5, 0.6) is 0 Å². The first-order chi connectivity index (χ1) is 7.89. The molecule has 1 saturated heterocycles. The van der Waals surface area contributed by atoms with Crippen LogP contribution in [-0.2, 0) is 15.9 Å². The molecule has 2 nitrogen and oxygen atoms in total. The Bertz CT molecular complexity index is 377. The van der Waals surface area contributed by atoms with Gasteiger partial charge in [0.15, 0.2) is 5.79 Å². The van der Waals surface area contributed by atoms with Crippen LogP contribution >= 0.6 is 0 Å². The van der Waals surface area contributed by atoms with Crippen LogP contribution in [0, 0.1) is 5.92 Å². The quantitative estimate of drug-likeness (QED) is 0.707. The van der Waals surface area contributed by atoms with Gasteiger partial charge in [-0.15, -0.1) is 0 Å². The predicted molar refractivity (Wildman–Crippen MR) is 62.0 cm³/mol. The van der Waals surface area contributed by atoms with Gasteiger partial charge in [-0.2, -0.15) is 0 Å². The molecule has 1 aliphatic carbocycles. The van der Waals surface area contributed by atoms with E-state index in [2.05, 4.69) is 36.4 Å². The third kappa shape index (κ3) is 1.68. The summed E-state index contributed by atoms with van der Waals surface area (Å²) in [5.74, 6) is 0.00736. The normalized spacial score (nSPS) is 26.6. The van der Waals surface area contributed by atoms with E-state index in [0.29, 0.717) is 5.92 Å². The lowest BCUT2D eigenvalue weighted by molar-refractivity contribution is -0.175. The van der Waals surface area contributed by atoms with Gasteiger partial charge in [0.25, 0.3) is 0 Å². The number of rotatable bonds is 2. The van der Waals surface area contributed by atoms with E-state index in [0.717, 1.165) is 26.1 Å². The van der Waals surface area contributed by atoms with Crippen molar-refractivity contribution in [2.75, 3.05) is 13.2 Å². The summed E-state index contributed by atoms with van der Waals surface area (Å²) in [5, 5.41) is 0. The zero-order valence-electron chi connectivity index (χ0n) is 9.26. The second kappa shape index (κ2) is 4.04. The Morgan fingerprint density at radius 2 is 1.88 bits per heavy atom. The van der Waals surface area contributed by atoms with E-state index in [-0.39, 0.29) is 5.79 Å².